The fraction of sp³-hybridized carbons (Fsp3) is 0.206. The number of aromatic carboxylic acids is 1. The van der Waals surface area contributed by atoms with E-state index in [2.05, 4.69) is 83.8 Å². The van der Waals surface area contributed by atoms with Gasteiger partial charge >= 0.3 is 5.97 Å². The first-order valence-electron chi connectivity index (χ1n) is 13.7. The molecule has 0 unspecified atom stereocenters. The van der Waals surface area contributed by atoms with Gasteiger partial charge in [-0.15, -0.1) is 0 Å². The van der Waals surface area contributed by atoms with Crippen molar-refractivity contribution in [2.45, 2.75) is 37.3 Å². The van der Waals surface area contributed by atoms with Crippen molar-refractivity contribution in [2.24, 2.45) is 15.9 Å². The number of carboxylic acid groups (broad SMARTS) is 1. The molecule has 192 valence electrons. The highest BCUT2D eigenvalue weighted by Crippen LogP contribution is 2.57. The molecular weight excluding hydrogens is 482 g/mol. The summed E-state index contributed by atoms with van der Waals surface area (Å²) in [6.45, 7) is 0. The topological polar surface area (TPSA) is 65.3 Å². The van der Waals surface area contributed by atoms with Crippen molar-refractivity contribution in [3.63, 3.8) is 0 Å². The Labute approximate surface area is 228 Å². The Morgan fingerprint density at radius 1 is 0.897 bits per heavy atom. The van der Waals surface area contributed by atoms with Gasteiger partial charge in [-0.05, 0) is 72.9 Å². The molecule has 2 aliphatic carbocycles. The van der Waals surface area contributed by atoms with E-state index in [1.54, 1.807) is 24.3 Å². The average Bonchev–Trinajstić information content (AvgIpc) is 3.30. The number of fused-ring (bicyclic) bond motifs is 2. The van der Waals surface area contributed by atoms with Crippen LogP contribution in [-0.4, -0.2) is 33.1 Å². The molecule has 0 amide bonds. The van der Waals surface area contributed by atoms with E-state index < -0.39 is 5.97 Å². The predicted octanol–water partition coefficient (Wildman–Crippen LogP) is 7.39. The van der Waals surface area contributed by atoms with Crippen LogP contribution >= 0.6 is 0 Å². The summed E-state index contributed by atoms with van der Waals surface area (Å²) in [5.41, 5.74) is 7.32. The number of hydrogen-bond acceptors (Lipinski definition) is 4. The molecule has 7 rings (SSSR count). The van der Waals surface area contributed by atoms with Crippen molar-refractivity contribution in [2.75, 3.05) is 0 Å². The minimum absolute atomic E-state index is 0.255. The summed E-state index contributed by atoms with van der Waals surface area (Å²) in [7, 11) is 0. The molecule has 0 radical (unpaired) electrons. The van der Waals surface area contributed by atoms with Crippen molar-refractivity contribution in [3.8, 4) is 0 Å². The van der Waals surface area contributed by atoms with Gasteiger partial charge < -0.3 is 10.0 Å². The third kappa shape index (κ3) is 3.97. The molecular formula is C34H29N3O2. The lowest BCUT2D eigenvalue weighted by Crippen LogP contribution is -2.54. The van der Waals surface area contributed by atoms with E-state index in [4.69, 9.17) is 9.98 Å². The molecule has 3 atom stereocenters. The largest absolute Gasteiger partial charge is 0.478 e. The maximum absolute atomic E-state index is 11.3. The minimum atomic E-state index is -0.938. The number of allylic oxidation sites excluding steroid dienone is 4. The predicted molar refractivity (Wildman–Crippen MR) is 155 cm³/mol. The Balaban J connectivity index is 1.37. The highest BCUT2D eigenvalue weighted by Gasteiger charge is 2.56. The fourth-order valence-corrected chi connectivity index (χ4v) is 6.74. The SMILES string of the molecule is O=C(O)c1ccc(N=C2C=CC3=N[C@]45CCCC[C@H]4[C@@H](c4ccccc4)C=C(c4ccccc4)N5C3=C2)cc1. The van der Waals surface area contributed by atoms with E-state index in [9.17, 15) is 9.90 Å². The fourth-order valence-electron chi connectivity index (χ4n) is 6.74. The van der Waals surface area contributed by atoms with Gasteiger partial charge in [0.25, 0.3) is 0 Å². The van der Waals surface area contributed by atoms with Gasteiger partial charge in [0.15, 0.2) is 0 Å². The second-order valence-corrected chi connectivity index (χ2v) is 10.7. The van der Waals surface area contributed by atoms with Crippen LogP contribution in [0.1, 0.15) is 53.1 Å². The van der Waals surface area contributed by atoms with Crippen LogP contribution in [0.25, 0.3) is 5.70 Å². The van der Waals surface area contributed by atoms with Gasteiger partial charge in [-0.1, -0.05) is 73.2 Å². The van der Waals surface area contributed by atoms with Gasteiger partial charge in [-0.3, -0.25) is 4.99 Å². The number of benzene rings is 3. The van der Waals surface area contributed by atoms with Gasteiger partial charge in [0.2, 0.25) is 0 Å². The molecule has 4 aliphatic rings. The lowest BCUT2D eigenvalue weighted by Gasteiger charge is -2.53. The maximum Gasteiger partial charge on any atom is 0.335 e. The number of hydrogen-bond donors (Lipinski definition) is 1. The standard InChI is InChI=1S/C34H29N3O2/c38-33(39)25-14-16-26(17-15-25)35-27-18-19-30-32(21-27)37-31(24-11-5-2-6-12-24)22-28(23-9-3-1-4-10-23)29-13-7-8-20-34(29,37)36-30/h1-6,9-12,14-19,21-22,28-29H,7-8,13,20H2,(H,38,39)/t28-,29+,34+/m1/s1. The molecule has 5 heteroatoms. The molecule has 1 N–H and O–H groups in total. The van der Waals surface area contributed by atoms with Gasteiger partial charge in [-0.25, -0.2) is 9.79 Å². The van der Waals surface area contributed by atoms with Crippen molar-refractivity contribution >= 4 is 28.8 Å². The van der Waals surface area contributed by atoms with E-state index in [-0.39, 0.29) is 17.1 Å². The highest BCUT2D eigenvalue weighted by atomic mass is 16.4. The Bertz CT molecular complexity index is 1580. The molecule has 5 nitrogen and oxygen atoms in total. The van der Waals surface area contributed by atoms with Crippen LogP contribution in [0.5, 0.6) is 0 Å². The summed E-state index contributed by atoms with van der Waals surface area (Å²) in [5, 5.41) is 9.23. The van der Waals surface area contributed by atoms with E-state index in [0.29, 0.717) is 5.92 Å². The second-order valence-electron chi connectivity index (χ2n) is 10.7. The third-order valence-corrected chi connectivity index (χ3v) is 8.44. The van der Waals surface area contributed by atoms with Gasteiger partial charge in [0, 0.05) is 17.5 Å². The first-order chi connectivity index (χ1) is 19.1. The third-order valence-electron chi connectivity index (χ3n) is 8.44. The monoisotopic (exact) mass is 511 g/mol. The molecule has 3 aromatic rings. The van der Waals surface area contributed by atoms with Crippen LogP contribution in [0, 0.1) is 5.92 Å². The molecule has 2 aliphatic heterocycles. The first-order valence-corrected chi connectivity index (χ1v) is 13.7. The number of carboxylic acids is 1. The summed E-state index contributed by atoms with van der Waals surface area (Å²) < 4.78 is 0. The van der Waals surface area contributed by atoms with Gasteiger partial charge in [0.05, 0.1) is 28.4 Å². The number of carbonyl (C=O) groups is 1. The molecule has 39 heavy (non-hydrogen) atoms. The molecule has 3 aromatic carbocycles. The first kappa shape index (κ1) is 23.6. The molecule has 0 saturated heterocycles. The van der Waals surface area contributed by atoms with Crippen molar-refractivity contribution in [3.05, 3.63) is 132 Å². The second kappa shape index (κ2) is 9.35. The lowest BCUT2D eigenvalue weighted by atomic mass is 9.66. The van der Waals surface area contributed by atoms with E-state index in [1.165, 1.54) is 23.2 Å². The summed E-state index contributed by atoms with van der Waals surface area (Å²) in [6.07, 6.45) is 13.3. The number of nitrogens with zero attached hydrogens (tertiary/aromatic N) is 3. The zero-order valence-electron chi connectivity index (χ0n) is 21.6. The Hall–Kier alpha value is -4.51. The van der Waals surface area contributed by atoms with Gasteiger partial charge in [0.1, 0.15) is 5.66 Å². The smallest absolute Gasteiger partial charge is 0.335 e. The Morgan fingerprint density at radius 3 is 2.38 bits per heavy atom. The van der Waals surface area contributed by atoms with Crippen LogP contribution in [0.4, 0.5) is 5.69 Å². The Morgan fingerprint density at radius 2 is 1.64 bits per heavy atom. The summed E-state index contributed by atoms with van der Waals surface area (Å²) in [6, 6.07) is 28.3. The number of aliphatic imine (C=N–C) groups is 2. The van der Waals surface area contributed by atoms with Crippen LogP contribution in [0.15, 0.2) is 125 Å². The van der Waals surface area contributed by atoms with Crippen LogP contribution < -0.4 is 0 Å². The quantitative estimate of drug-likeness (QED) is 0.371. The zero-order valence-corrected chi connectivity index (χ0v) is 21.6. The van der Waals surface area contributed by atoms with Crippen LogP contribution in [-0.2, 0) is 0 Å². The summed E-state index contributed by atoms with van der Waals surface area (Å²) in [4.78, 5) is 24.1. The van der Waals surface area contributed by atoms with Gasteiger partial charge in [-0.2, -0.15) is 0 Å². The summed E-state index contributed by atoms with van der Waals surface area (Å²) in [5.74, 6) is -0.280. The number of rotatable bonds is 4. The van der Waals surface area contributed by atoms with Crippen LogP contribution in [0.3, 0.4) is 0 Å². The normalized spacial score (nSPS) is 26.2. The molecule has 1 fully saturated rings. The maximum atomic E-state index is 11.3. The van der Waals surface area contributed by atoms with E-state index >= 15 is 0 Å². The van der Waals surface area contributed by atoms with Crippen LogP contribution in [0.2, 0.25) is 0 Å². The van der Waals surface area contributed by atoms with Crippen molar-refractivity contribution < 1.29 is 9.90 Å². The molecule has 0 aromatic heterocycles. The van der Waals surface area contributed by atoms with E-state index in [0.717, 1.165) is 42.1 Å². The van der Waals surface area contributed by atoms with E-state index in [1.807, 2.05) is 6.08 Å². The highest BCUT2D eigenvalue weighted by molar-refractivity contribution is 6.23. The lowest BCUT2D eigenvalue weighted by molar-refractivity contribution is 0.0686. The molecule has 1 spiro atoms. The minimum Gasteiger partial charge on any atom is -0.478 e. The molecule has 2 heterocycles. The average molecular weight is 512 g/mol. The zero-order chi connectivity index (χ0) is 26.4. The Kier molecular flexibility index (Phi) is 5.66. The molecule has 1 saturated carbocycles. The van der Waals surface area contributed by atoms with Crippen molar-refractivity contribution in [1.29, 1.82) is 0 Å². The molecule has 0 bridgehead atoms. The summed E-state index contributed by atoms with van der Waals surface area (Å²) >= 11 is 0. The van der Waals surface area contributed by atoms with Crippen molar-refractivity contribution in [1.82, 2.24) is 4.90 Å².